The van der Waals surface area contributed by atoms with E-state index in [1.807, 2.05) is 0 Å². The number of nitrogens with one attached hydrogen (secondary N) is 1. The number of fused-ring (bicyclic) bond motifs is 1. The standard InChI is InChI=1S/C13H16N4O2/c1-13(3-4-13)7-15-10-8-6-16-17(2)11(8)14-5-9(10)12(18)19/h5-6H,3-4,7H2,1-2H3,(H,14,15)(H,18,19). The smallest absolute Gasteiger partial charge is 0.339 e. The third-order valence-corrected chi connectivity index (χ3v) is 3.79. The maximum Gasteiger partial charge on any atom is 0.339 e. The summed E-state index contributed by atoms with van der Waals surface area (Å²) in [6, 6.07) is 0. The molecule has 0 atom stereocenters. The average molecular weight is 260 g/mol. The number of aryl methyl sites for hydroxylation is 1. The first-order valence-corrected chi connectivity index (χ1v) is 6.28. The van der Waals surface area contributed by atoms with Crippen molar-refractivity contribution in [1.29, 1.82) is 0 Å². The first-order valence-electron chi connectivity index (χ1n) is 6.28. The summed E-state index contributed by atoms with van der Waals surface area (Å²) < 4.78 is 1.64. The summed E-state index contributed by atoms with van der Waals surface area (Å²) in [6.07, 6.45) is 5.42. The van der Waals surface area contributed by atoms with Crippen molar-refractivity contribution < 1.29 is 9.90 Å². The minimum absolute atomic E-state index is 0.199. The van der Waals surface area contributed by atoms with E-state index in [1.165, 1.54) is 19.0 Å². The van der Waals surface area contributed by atoms with Gasteiger partial charge in [-0.05, 0) is 18.3 Å². The second-order valence-corrected chi connectivity index (χ2v) is 5.52. The minimum atomic E-state index is -0.971. The molecule has 0 saturated heterocycles. The topological polar surface area (TPSA) is 80.0 Å². The lowest BCUT2D eigenvalue weighted by atomic mass is 10.1. The van der Waals surface area contributed by atoms with Crippen LogP contribution in [-0.4, -0.2) is 32.4 Å². The summed E-state index contributed by atoms with van der Waals surface area (Å²) in [5.74, 6) is -0.971. The Labute approximate surface area is 110 Å². The van der Waals surface area contributed by atoms with E-state index < -0.39 is 5.97 Å². The normalized spacial score (nSPS) is 16.5. The highest BCUT2D eigenvalue weighted by molar-refractivity contribution is 6.03. The van der Waals surface area contributed by atoms with Gasteiger partial charge in [-0.2, -0.15) is 5.10 Å². The number of aromatic nitrogens is 3. The summed E-state index contributed by atoms with van der Waals surface area (Å²) in [5.41, 5.74) is 1.81. The quantitative estimate of drug-likeness (QED) is 0.877. The molecule has 1 fully saturated rings. The fourth-order valence-electron chi connectivity index (χ4n) is 2.14. The van der Waals surface area contributed by atoms with Crippen LogP contribution in [0.5, 0.6) is 0 Å². The van der Waals surface area contributed by atoms with Gasteiger partial charge in [0.25, 0.3) is 0 Å². The van der Waals surface area contributed by atoms with E-state index >= 15 is 0 Å². The molecular weight excluding hydrogens is 244 g/mol. The highest BCUT2D eigenvalue weighted by atomic mass is 16.4. The van der Waals surface area contributed by atoms with Crippen molar-refractivity contribution in [3.8, 4) is 0 Å². The van der Waals surface area contributed by atoms with Crippen LogP contribution in [0, 0.1) is 5.41 Å². The minimum Gasteiger partial charge on any atom is -0.478 e. The molecule has 2 heterocycles. The Kier molecular flexibility index (Phi) is 2.48. The van der Waals surface area contributed by atoms with Gasteiger partial charge in [0.15, 0.2) is 5.65 Å². The molecule has 6 nitrogen and oxygen atoms in total. The predicted molar refractivity (Wildman–Crippen MR) is 71.3 cm³/mol. The molecule has 0 radical (unpaired) electrons. The second kappa shape index (κ2) is 3.94. The third-order valence-electron chi connectivity index (χ3n) is 3.79. The van der Waals surface area contributed by atoms with Crippen LogP contribution in [0.25, 0.3) is 11.0 Å². The molecule has 19 heavy (non-hydrogen) atoms. The van der Waals surface area contributed by atoms with Crippen molar-refractivity contribution in [1.82, 2.24) is 14.8 Å². The van der Waals surface area contributed by atoms with Crippen LogP contribution < -0.4 is 5.32 Å². The van der Waals surface area contributed by atoms with E-state index in [9.17, 15) is 9.90 Å². The largest absolute Gasteiger partial charge is 0.478 e. The molecule has 1 aliphatic rings. The summed E-state index contributed by atoms with van der Waals surface area (Å²) in [4.78, 5) is 15.5. The van der Waals surface area contributed by atoms with Gasteiger partial charge in [-0.1, -0.05) is 6.92 Å². The lowest BCUT2D eigenvalue weighted by molar-refractivity contribution is 0.0697. The van der Waals surface area contributed by atoms with Gasteiger partial charge >= 0.3 is 5.97 Å². The van der Waals surface area contributed by atoms with Gasteiger partial charge < -0.3 is 10.4 Å². The van der Waals surface area contributed by atoms with Gasteiger partial charge in [0.05, 0.1) is 17.3 Å². The molecule has 2 aromatic heterocycles. The molecule has 0 bridgehead atoms. The number of hydrogen-bond acceptors (Lipinski definition) is 4. The van der Waals surface area contributed by atoms with Crippen LogP contribution in [0.2, 0.25) is 0 Å². The number of pyridine rings is 1. The highest BCUT2D eigenvalue weighted by Crippen LogP contribution is 2.45. The molecule has 1 aliphatic carbocycles. The molecule has 0 unspecified atom stereocenters. The SMILES string of the molecule is Cn1ncc2c(NCC3(C)CC3)c(C(=O)O)cnc21. The zero-order valence-corrected chi connectivity index (χ0v) is 11.0. The molecule has 3 rings (SSSR count). The Morgan fingerprint density at radius 2 is 2.26 bits per heavy atom. The molecule has 100 valence electrons. The zero-order chi connectivity index (χ0) is 13.6. The Balaban J connectivity index is 2.06. The third kappa shape index (κ3) is 2.03. The summed E-state index contributed by atoms with van der Waals surface area (Å²) in [7, 11) is 1.79. The number of rotatable bonds is 4. The van der Waals surface area contributed by atoms with Gasteiger partial charge in [0.1, 0.15) is 5.56 Å². The molecule has 2 aromatic rings. The van der Waals surface area contributed by atoms with E-state index in [1.54, 1.807) is 17.9 Å². The fourth-order valence-corrected chi connectivity index (χ4v) is 2.14. The van der Waals surface area contributed by atoms with Crippen LogP contribution in [0.1, 0.15) is 30.1 Å². The van der Waals surface area contributed by atoms with Crippen LogP contribution >= 0.6 is 0 Å². The number of carboxylic acid groups (broad SMARTS) is 1. The average Bonchev–Trinajstić information content (AvgIpc) is 2.99. The molecule has 0 spiro atoms. The molecule has 0 amide bonds. The van der Waals surface area contributed by atoms with Crippen molar-refractivity contribution in [3.63, 3.8) is 0 Å². The monoisotopic (exact) mass is 260 g/mol. The summed E-state index contributed by atoms with van der Waals surface area (Å²) >= 11 is 0. The number of nitrogens with zero attached hydrogens (tertiary/aromatic N) is 3. The molecule has 6 heteroatoms. The van der Waals surface area contributed by atoms with Crippen molar-refractivity contribution in [2.45, 2.75) is 19.8 Å². The van der Waals surface area contributed by atoms with E-state index in [-0.39, 0.29) is 5.56 Å². The van der Waals surface area contributed by atoms with E-state index in [4.69, 9.17) is 0 Å². The lowest BCUT2D eigenvalue weighted by Crippen LogP contribution is -2.15. The number of hydrogen-bond donors (Lipinski definition) is 2. The van der Waals surface area contributed by atoms with E-state index in [2.05, 4.69) is 22.3 Å². The first kappa shape index (κ1) is 12.0. The fraction of sp³-hybridized carbons (Fsp3) is 0.462. The van der Waals surface area contributed by atoms with Gasteiger partial charge in [0.2, 0.25) is 0 Å². The Bertz CT molecular complexity index is 658. The van der Waals surface area contributed by atoms with Crippen molar-refractivity contribution in [3.05, 3.63) is 18.0 Å². The van der Waals surface area contributed by atoms with Crippen LogP contribution in [0.3, 0.4) is 0 Å². The Morgan fingerprint density at radius 1 is 1.53 bits per heavy atom. The lowest BCUT2D eigenvalue weighted by Gasteiger charge is -2.14. The van der Waals surface area contributed by atoms with E-state index in [0.29, 0.717) is 16.7 Å². The maximum absolute atomic E-state index is 11.3. The molecule has 1 saturated carbocycles. The second-order valence-electron chi connectivity index (χ2n) is 5.52. The highest BCUT2D eigenvalue weighted by Gasteiger charge is 2.37. The number of carboxylic acids is 1. The van der Waals surface area contributed by atoms with Crippen molar-refractivity contribution in [2.75, 3.05) is 11.9 Å². The van der Waals surface area contributed by atoms with Crippen LogP contribution in [0.15, 0.2) is 12.4 Å². The van der Waals surface area contributed by atoms with Gasteiger partial charge in [-0.15, -0.1) is 0 Å². The molecule has 2 N–H and O–H groups in total. The van der Waals surface area contributed by atoms with Crippen molar-refractivity contribution in [2.24, 2.45) is 12.5 Å². The Morgan fingerprint density at radius 3 is 2.89 bits per heavy atom. The van der Waals surface area contributed by atoms with Gasteiger partial charge in [0, 0.05) is 19.8 Å². The predicted octanol–water partition coefficient (Wildman–Crippen LogP) is 1.88. The summed E-state index contributed by atoms with van der Waals surface area (Å²) in [6.45, 7) is 2.98. The molecule has 0 aliphatic heterocycles. The van der Waals surface area contributed by atoms with E-state index in [0.717, 1.165) is 11.9 Å². The number of carbonyl (C=O) groups is 1. The van der Waals surface area contributed by atoms with Crippen LogP contribution in [-0.2, 0) is 7.05 Å². The van der Waals surface area contributed by atoms with Crippen molar-refractivity contribution >= 4 is 22.7 Å². The zero-order valence-electron chi connectivity index (χ0n) is 11.0. The first-order chi connectivity index (χ1) is 9.00. The molecule has 0 aromatic carbocycles. The van der Waals surface area contributed by atoms with Crippen LogP contribution in [0.4, 0.5) is 5.69 Å². The van der Waals surface area contributed by atoms with Gasteiger partial charge in [-0.25, -0.2) is 9.78 Å². The van der Waals surface area contributed by atoms with Gasteiger partial charge in [-0.3, -0.25) is 4.68 Å². The molecular formula is C13H16N4O2. The Hall–Kier alpha value is -2.11. The maximum atomic E-state index is 11.3. The summed E-state index contributed by atoms with van der Waals surface area (Å²) in [5, 5.41) is 17.4. The number of aromatic carboxylic acids is 1. The number of anilines is 1.